The number of hydrogen-bond acceptors (Lipinski definition) is 11. The topological polar surface area (TPSA) is 223 Å². The lowest BCUT2D eigenvalue weighted by Gasteiger charge is -2.48. The summed E-state index contributed by atoms with van der Waals surface area (Å²) in [7, 11) is 0. The third-order valence-electron chi connectivity index (χ3n) is 8.43. The van der Waals surface area contributed by atoms with Gasteiger partial charge >= 0.3 is 23.8 Å². The SMILES string of the molecule is CCN1CCN(C(NC=O)(C(=O)NC2C(=O)N3C2SC(C)(COC(=O)c2ccc(O)c(O)c2)C3C(=O)O)c2ccccc2)C(=O)C1=O. The molecule has 3 aliphatic heterocycles. The molecule has 5 unspecified atom stereocenters. The first-order valence-corrected chi connectivity index (χ1v) is 15.3. The van der Waals surface area contributed by atoms with Crippen molar-refractivity contribution >= 4 is 53.7 Å². The lowest BCUT2D eigenvalue weighted by atomic mass is 9.92. The van der Waals surface area contributed by atoms with Crippen LogP contribution < -0.4 is 10.6 Å². The van der Waals surface area contributed by atoms with Crippen LogP contribution in [0.1, 0.15) is 29.8 Å². The Morgan fingerprint density at radius 2 is 1.77 bits per heavy atom. The number of nitrogens with one attached hydrogen (secondary N) is 2. The van der Waals surface area contributed by atoms with Crippen LogP contribution in [0.5, 0.6) is 11.5 Å². The van der Waals surface area contributed by atoms with E-state index in [2.05, 4.69) is 10.6 Å². The quantitative estimate of drug-likeness (QED) is 0.0649. The summed E-state index contributed by atoms with van der Waals surface area (Å²) in [4.78, 5) is 94.3. The standard InChI is InChI=1S/C30H31N5O11S/c1-3-33-11-12-34(24(41)23(33)40)30(31-15-36,17-7-5-4-6-8-17)28(45)32-20-22(39)35-21(26(42)43)29(2,47-25(20)35)14-46-27(44)16-9-10-18(37)19(38)13-16/h4-10,13,15,20-21,25,37-38H,3,11-12,14H2,1-2H3,(H,31,36)(H,32,45)(H,42,43). The average Bonchev–Trinajstić information content (AvgIpc) is 3.34. The molecule has 5 atom stereocenters. The highest BCUT2D eigenvalue weighted by Gasteiger charge is 2.67. The first kappa shape index (κ1) is 33.1. The number of nitrogens with zero attached hydrogens (tertiary/aromatic N) is 3. The predicted molar refractivity (Wildman–Crippen MR) is 161 cm³/mol. The summed E-state index contributed by atoms with van der Waals surface area (Å²) >= 11 is 0.967. The molecule has 5 rings (SSSR count). The number of thioether (sulfide) groups is 1. The van der Waals surface area contributed by atoms with Gasteiger partial charge in [0.05, 0.1) is 10.3 Å². The predicted octanol–water partition coefficient (Wildman–Crippen LogP) is -0.844. The molecule has 248 valence electrons. The largest absolute Gasteiger partial charge is 0.504 e. The number of carbonyl (C=O) groups excluding carboxylic acids is 6. The zero-order chi connectivity index (χ0) is 34.3. The number of ether oxygens (including phenoxy) is 1. The number of piperazine rings is 1. The molecule has 0 bridgehead atoms. The zero-order valence-electron chi connectivity index (χ0n) is 25.1. The fraction of sp³-hybridized carbons (Fsp3) is 0.367. The highest BCUT2D eigenvalue weighted by Crippen LogP contribution is 2.51. The molecule has 0 aromatic heterocycles. The van der Waals surface area contributed by atoms with Crippen molar-refractivity contribution in [3.8, 4) is 11.5 Å². The van der Waals surface area contributed by atoms with Gasteiger partial charge < -0.3 is 40.5 Å². The summed E-state index contributed by atoms with van der Waals surface area (Å²) < 4.78 is 3.95. The van der Waals surface area contributed by atoms with E-state index in [-0.39, 0.29) is 37.2 Å². The van der Waals surface area contributed by atoms with Gasteiger partial charge in [-0.15, -0.1) is 11.8 Å². The van der Waals surface area contributed by atoms with Crippen molar-refractivity contribution in [2.45, 2.75) is 41.7 Å². The summed E-state index contributed by atoms with van der Waals surface area (Å²) in [5.74, 6) is -7.05. The first-order chi connectivity index (χ1) is 22.3. The monoisotopic (exact) mass is 669 g/mol. The first-order valence-electron chi connectivity index (χ1n) is 14.4. The van der Waals surface area contributed by atoms with E-state index in [4.69, 9.17) is 4.74 Å². The molecule has 0 aliphatic carbocycles. The van der Waals surface area contributed by atoms with Crippen LogP contribution in [0.3, 0.4) is 0 Å². The van der Waals surface area contributed by atoms with Crippen LogP contribution in [0.25, 0.3) is 0 Å². The molecule has 3 aliphatic rings. The summed E-state index contributed by atoms with van der Waals surface area (Å²) in [6.07, 6.45) is 0.204. The van der Waals surface area contributed by atoms with E-state index in [0.717, 1.165) is 33.7 Å². The maximum Gasteiger partial charge on any atom is 0.338 e. The molecule has 47 heavy (non-hydrogen) atoms. The third-order valence-corrected chi connectivity index (χ3v) is 10.1. The van der Waals surface area contributed by atoms with Crippen LogP contribution in [-0.2, 0) is 39.2 Å². The van der Waals surface area contributed by atoms with E-state index in [1.54, 1.807) is 25.1 Å². The van der Waals surface area contributed by atoms with Gasteiger partial charge in [0.25, 0.3) is 5.91 Å². The van der Waals surface area contributed by atoms with Crippen molar-refractivity contribution in [2.75, 3.05) is 26.2 Å². The van der Waals surface area contributed by atoms with Crippen LogP contribution >= 0.6 is 11.8 Å². The lowest BCUT2D eigenvalue weighted by Crippen LogP contribution is -2.75. The molecule has 0 saturated carbocycles. The van der Waals surface area contributed by atoms with Crippen LogP contribution in [0.15, 0.2) is 48.5 Å². The summed E-state index contributed by atoms with van der Waals surface area (Å²) in [5.41, 5.74) is -2.24. The minimum Gasteiger partial charge on any atom is -0.504 e. The number of esters is 1. The highest BCUT2D eigenvalue weighted by molar-refractivity contribution is 8.01. The molecule has 0 radical (unpaired) electrons. The van der Waals surface area contributed by atoms with Gasteiger partial charge in [-0.1, -0.05) is 30.3 Å². The van der Waals surface area contributed by atoms with Gasteiger partial charge in [-0.2, -0.15) is 0 Å². The second-order valence-corrected chi connectivity index (χ2v) is 12.9. The molecule has 5 amide bonds. The van der Waals surface area contributed by atoms with Crippen LogP contribution in [0.2, 0.25) is 0 Å². The summed E-state index contributed by atoms with van der Waals surface area (Å²) in [5, 5.41) is 33.4. The molecular weight excluding hydrogens is 638 g/mol. The second-order valence-electron chi connectivity index (χ2n) is 11.2. The number of phenols is 2. The minimum absolute atomic E-state index is 0.0687. The number of carbonyl (C=O) groups is 7. The molecule has 5 N–H and O–H groups in total. The Kier molecular flexibility index (Phi) is 8.77. The average molecular weight is 670 g/mol. The van der Waals surface area contributed by atoms with E-state index < -0.39 is 81.5 Å². The van der Waals surface area contributed by atoms with Crippen LogP contribution in [0, 0.1) is 0 Å². The van der Waals surface area contributed by atoms with Crippen LogP contribution in [0.4, 0.5) is 0 Å². The Bertz CT molecular complexity index is 1660. The van der Waals surface area contributed by atoms with Crippen molar-refractivity contribution in [3.05, 3.63) is 59.7 Å². The normalized spacial score (nSPS) is 24.9. The number of likely N-dealkylation sites (N-methyl/N-ethyl adjacent to an activating group) is 1. The fourth-order valence-corrected chi connectivity index (χ4v) is 7.71. The smallest absolute Gasteiger partial charge is 0.338 e. The number of β-lactam (4-membered cyclic amide) rings is 1. The number of hydrogen-bond donors (Lipinski definition) is 5. The van der Waals surface area contributed by atoms with Crippen molar-refractivity contribution in [1.82, 2.24) is 25.3 Å². The highest BCUT2D eigenvalue weighted by atomic mass is 32.2. The Hall–Kier alpha value is -5.32. The van der Waals surface area contributed by atoms with Gasteiger partial charge in [0.2, 0.25) is 18.0 Å². The fourth-order valence-electron chi connectivity index (χ4n) is 6.03. The molecule has 2 aromatic rings. The van der Waals surface area contributed by atoms with Crippen LogP contribution in [-0.4, -0.2) is 120 Å². The molecule has 16 nitrogen and oxygen atoms in total. The Morgan fingerprint density at radius 1 is 1.06 bits per heavy atom. The van der Waals surface area contributed by atoms with E-state index >= 15 is 0 Å². The van der Waals surface area contributed by atoms with Crippen molar-refractivity contribution in [2.24, 2.45) is 0 Å². The van der Waals surface area contributed by atoms with Gasteiger partial charge in [-0.05, 0) is 32.0 Å². The lowest BCUT2D eigenvalue weighted by molar-refractivity contribution is -0.169. The van der Waals surface area contributed by atoms with E-state index in [9.17, 15) is 48.9 Å². The maximum atomic E-state index is 14.2. The molecule has 2 aromatic carbocycles. The number of aliphatic carboxylic acids is 1. The molecular formula is C30H31N5O11S. The third kappa shape index (κ3) is 5.45. The Morgan fingerprint density at radius 3 is 2.38 bits per heavy atom. The van der Waals surface area contributed by atoms with E-state index in [1.807, 2.05) is 0 Å². The Balaban J connectivity index is 1.41. The molecule has 3 fully saturated rings. The van der Waals surface area contributed by atoms with Crippen molar-refractivity contribution < 1.29 is 53.6 Å². The van der Waals surface area contributed by atoms with E-state index in [1.165, 1.54) is 30.0 Å². The number of amides is 5. The van der Waals surface area contributed by atoms with Crippen molar-refractivity contribution in [3.63, 3.8) is 0 Å². The van der Waals surface area contributed by atoms with E-state index in [0.29, 0.717) is 0 Å². The molecule has 3 heterocycles. The maximum absolute atomic E-state index is 14.2. The summed E-state index contributed by atoms with van der Waals surface area (Å²) in [6.45, 7) is 2.85. The van der Waals surface area contributed by atoms with Gasteiger partial charge in [0.1, 0.15) is 24.1 Å². The molecule has 0 spiro atoms. The number of phenolic OH excluding ortho intramolecular Hbond substituents is 2. The molecule has 17 heteroatoms. The minimum atomic E-state index is -2.25. The van der Waals surface area contributed by atoms with Crippen molar-refractivity contribution in [1.29, 1.82) is 0 Å². The number of rotatable bonds is 11. The molecule has 3 saturated heterocycles. The number of fused-ring (bicyclic) bond motifs is 1. The Labute approximate surface area is 271 Å². The number of benzene rings is 2. The number of aromatic hydroxyl groups is 2. The number of carboxylic acid groups (broad SMARTS) is 1. The number of carboxylic acids is 1. The van der Waals surface area contributed by atoms with Gasteiger partial charge in [-0.3, -0.25) is 28.9 Å². The van der Waals surface area contributed by atoms with Gasteiger partial charge in [-0.25, -0.2) is 9.59 Å². The van der Waals surface area contributed by atoms with Gasteiger partial charge in [0, 0.05) is 25.2 Å². The van der Waals surface area contributed by atoms with Gasteiger partial charge in [0.15, 0.2) is 11.5 Å². The zero-order valence-corrected chi connectivity index (χ0v) is 25.9. The summed E-state index contributed by atoms with van der Waals surface area (Å²) in [6, 6.07) is 8.16. The second kappa shape index (κ2) is 12.5.